The summed E-state index contributed by atoms with van der Waals surface area (Å²) < 4.78 is 41.6. The van der Waals surface area contributed by atoms with Crippen molar-refractivity contribution in [2.45, 2.75) is 19.1 Å². The van der Waals surface area contributed by atoms with Crippen LogP contribution in [0.2, 0.25) is 0 Å². The Morgan fingerprint density at radius 3 is 2.71 bits per heavy atom. The highest BCUT2D eigenvalue weighted by molar-refractivity contribution is 5.92. The van der Waals surface area contributed by atoms with Gasteiger partial charge in [0, 0.05) is 17.0 Å². The van der Waals surface area contributed by atoms with Gasteiger partial charge in [-0.15, -0.1) is 0 Å². The zero-order chi connectivity index (χ0) is 17.2. The number of rotatable bonds is 5. The van der Waals surface area contributed by atoms with Gasteiger partial charge in [-0.1, -0.05) is 36.4 Å². The van der Waals surface area contributed by atoms with Crippen LogP contribution in [0.25, 0.3) is 10.8 Å². The van der Waals surface area contributed by atoms with E-state index in [1.165, 1.54) is 6.07 Å². The number of hydrogen-bond acceptors (Lipinski definition) is 2. The van der Waals surface area contributed by atoms with E-state index in [1.54, 1.807) is 12.1 Å². The fourth-order valence-corrected chi connectivity index (χ4v) is 2.54. The van der Waals surface area contributed by atoms with Crippen molar-refractivity contribution in [3.05, 3.63) is 60.3 Å². The zero-order valence-corrected chi connectivity index (χ0v) is 13.0. The number of aromatic nitrogens is 1. The van der Waals surface area contributed by atoms with E-state index in [9.17, 15) is 13.2 Å². The fourth-order valence-electron chi connectivity index (χ4n) is 2.54. The number of fused-ring (bicyclic) bond motifs is 1. The number of benzene rings is 2. The van der Waals surface area contributed by atoms with Crippen molar-refractivity contribution >= 4 is 16.6 Å². The molecule has 2 N–H and O–H groups in total. The number of nitrogens with one attached hydrogen (secondary N) is 2. The molecule has 0 saturated heterocycles. The van der Waals surface area contributed by atoms with Crippen LogP contribution in [0.5, 0.6) is 5.75 Å². The maximum Gasteiger partial charge on any atom is 0.422 e. The molecule has 0 fully saturated rings. The molecule has 0 aliphatic carbocycles. The van der Waals surface area contributed by atoms with Crippen molar-refractivity contribution in [1.29, 1.82) is 0 Å². The van der Waals surface area contributed by atoms with Crippen LogP contribution in [0.4, 0.5) is 19.0 Å². The fraction of sp³-hybridized carbons (Fsp3) is 0.222. The first kappa shape index (κ1) is 16.2. The molecule has 1 unspecified atom stereocenters. The molecule has 3 nitrogen and oxygen atoms in total. The van der Waals surface area contributed by atoms with Crippen molar-refractivity contribution in [2.75, 3.05) is 11.9 Å². The predicted molar refractivity (Wildman–Crippen MR) is 88.3 cm³/mol. The highest BCUT2D eigenvalue weighted by Gasteiger charge is 2.28. The van der Waals surface area contributed by atoms with Gasteiger partial charge >= 0.3 is 6.18 Å². The first-order chi connectivity index (χ1) is 11.4. The van der Waals surface area contributed by atoms with Crippen molar-refractivity contribution in [2.24, 2.45) is 0 Å². The SMILES string of the molecule is CC(Nc1[nH]cc2ccccc12)c1cccc(OCC(F)(F)F)c1. The molecule has 1 aromatic heterocycles. The van der Waals surface area contributed by atoms with Gasteiger partial charge in [0.2, 0.25) is 0 Å². The van der Waals surface area contributed by atoms with Gasteiger partial charge in [0.25, 0.3) is 0 Å². The molecule has 126 valence electrons. The van der Waals surface area contributed by atoms with Gasteiger partial charge in [-0.05, 0) is 24.6 Å². The Kier molecular flexibility index (Phi) is 4.38. The number of H-pyrrole nitrogens is 1. The van der Waals surface area contributed by atoms with Crippen molar-refractivity contribution < 1.29 is 17.9 Å². The molecule has 1 heterocycles. The van der Waals surface area contributed by atoms with E-state index < -0.39 is 12.8 Å². The summed E-state index contributed by atoms with van der Waals surface area (Å²) in [5.74, 6) is 1.08. The Balaban J connectivity index is 1.74. The lowest BCUT2D eigenvalue weighted by atomic mass is 10.1. The Labute approximate surface area is 137 Å². The first-order valence-electron chi connectivity index (χ1n) is 7.54. The first-order valence-corrected chi connectivity index (χ1v) is 7.54. The van der Waals surface area contributed by atoms with E-state index in [-0.39, 0.29) is 11.8 Å². The highest BCUT2D eigenvalue weighted by Crippen LogP contribution is 2.28. The van der Waals surface area contributed by atoms with Gasteiger partial charge in [-0.3, -0.25) is 0 Å². The zero-order valence-electron chi connectivity index (χ0n) is 13.0. The van der Waals surface area contributed by atoms with Crippen molar-refractivity contribution in [1.82, 2.24) is 4.98 Å². The van der Waals surface area contributed by atoms with Crippen molar-refractivity contribution in [3.8, 4) is 5.75 Å². The maximum absolute atomic E-state index is 12.3. The largest absolute Gasteiger partial charge is 0.484 e. The van der Waals surface area contributed by atoms with Gasteiger partial charge in [-0.2, -0.15) is 13.2 Å². The van der Waals surface area contributed by atoms with E-state index in [2.05, 4.69) is 10.3 Å². The number of alkyl halides is 3. The van der Waals surface area contributed by atoms with E-state index >= 15 is 0 Å². The second-order valence-corrected chi connectivity index (χ2v) is 5.59. The van der Waals surface area contributed by atoms with Crippen LogP contribution in [0.3, 0.4) is 0 Å². The third-order valence-electron chi connectivity index (χ3n) is 3.72. The number of anilines is 1. The maximum atomic E-state index is 12.3. The summed E-state index contributed by atoms with van der Waals surface area (Å²) in [6.07, 6.45) is -2.43. The van der Waals surface area contributed by atoms with E-state index in [4.69, 9.17) is 4.74 Å². The second-order valence-electron chi connectivity index (χ2n) is 5.59. The van der Waals surface area contributed by atoms with E-state index in [0.29, 0.717) is 0 Å². The Morgan fingerprint density at radius 2 is 1.92 bits per heavy atom. The molecular weight excluding hydrogens is 317 g/mol. The van der Waals surface area contributed by atoms with Gasteiger partial charge in [0.1, 0.15) is 11.6 Å². The quantitative estimate of drug-likeness (QED) is 0.666. The van der Waals surface area contributed by atoms with Crippen LogP contribution in [-0.4, -0.2) is 17.8 Å². The Hall–Kier alpha value is -2.63. The minimum absolute atomic E-state index is 0.0958. The number of ether oxygens (including phenoxy) is 1. The van der Waals surface area contributed by atoms with Gasteiger partial charge in [0.05, 0.1) is 6.04 Å². The van der Waals surface area contributed by atoms with Gasteiger partial charge < -0.3 is 15.0 Å². The standard InChI is InChI=1S/C18H17F3N2O/c1-12(23-17-16-8-3-2-5-14(16)10-22-17)13-6-4-7-15(9-13)24-11-18(19,20)21/h2-10,12,22-23H,11H2,1H3. The summed E-state index contributed by atoms with van der Waals surface area (Å²) in [7, 11) is 0. The molecule has 6 heteroatoms. The molecule has 3 rings (SSSR count). The Morgan fingerprint density at radius 1 is 1.12 bits per heavy atom. The molecule has 2 aromatic carbocycles. The van der Waals surface area contributed by atoms with E-state index in [0.717, 1.165) is 22.2 Å². The molecule has 0 spiro atoms. The van der Waals surface area contributed by atoms with Crippen LogP contribution in [-0.2, 0) is 0 Å². The summed E-state index contributed by atoms with van der Waals surface area (Å²) in [6.45, 7) is 0.651. The molecule has 1 atom stereocenters. The smallest absolute Gasteiger partial charge is 0.422 e. The molecule has 3 aromatic rings. The second kappa shape index (κ2) is 6.47. The predicted octanol–water partition coefficient (Wildman–Crippen LogP) is 5.28. The normalized spacial score (nSPS) is 13.0. The molecule has 0 saturated carbocycles. The van der Waals surface area contributed by atoms with Gasteiger partial charge in [0.15, 0.2) is 6.61 Å². The Bertz CT molecular complexity index is 826. The van der Waals surface area contributed by atoms with E-state index in [1.807, 2.05) is 43.5 Å². The molecule has 0 bridgehead atoms. The molecule has 0 aliphatic rings. The topological polar surface area (TPSA) is 37.0 Å². The summed E-state index contributed by atoms with van der Waals surface area (Å²) in [4.78, 5) is 3.18. The monoisotopic (exact) mass is 334 g/mol. The van der Waals surface area contributed by atoms with Crippen molar-refractivity contribution in [3.63, 3.8) is 0 Å². The van der Waals surface area contributed by atoms with Gasteiger partial charge in [-0.25, -0.2) is 0 Å². The summed E-state index contributed by atoms with van der Waals surface area (Å²) >= 11 is 0. The average molecular weight is 334 g/mol. The summed E-state index contributed by atoms with van der Waals surface area (Å²) in [6, 6.07) is 14.5. The van der Waals surface area contributed by atoms with Crippen LogP contribution in [0.15, 0.2) is 54.7 Å². The summed E-state index contributed by atoms with van der Waals surface area (Å²) in [5.41, 5.74) is 0.841. The average Bonchev–Trinajstić information content (AvgIpc) is 2.96. The lowest BCUT2D eigenvalue weighted by Crippen LogP contribution is -2.19. The molecule has 0 amide bonds. The lowest BCUT2D eigenvalue weighted by Gasteiger charge is -2.16. The minimum Gasteiger partial charge on any atom is -0.484 e. The molecule has 24 heavy (non-hydrogen) atoms. The van der Waals surface area contributed by atoms with Crippen LogP contribution in [0.1, 0.15) is 18.5 Å². The molecule has 0 radical (unpaired) electrons. The number of aromatic amines is 1. The minimum atomic E-state index is -4.34. The molecular formula is C18H17F3N2O. The highest BCUT2D eigenvalue weighted by atomic mass is 19.4. The third-order valence-corrected chi connectivity index (χ3v) is 3.72. The van der Waals surface area contributed by atoms with Crippen LogP contribution >= 0.6 is 0 Å². The molecule has 0 aliphatic heterocycles. The summed E-state index contributed by atoms with van der Waals surface area (Å²) in [5, 5.41) is 5.50. The number of halogens is 3. The van der Waals surface area contributed by atoms with Crippen LogP contribution < -0.4 is 10.1 Å². The number of hydrogen-bond donors (Lipinski definition) is 2. The lowest BCUT2D eigenvalue weighted by molar-refractivity contribution is -0.153. The third kappa shape index (κ3) is 3.82. The van der Waals surface area contributed by atoms with Crippen LogP contribution in [0, 0.1) is 0 Å².